The van der Waals surface area contributed by atoms with Gasteiger partial charge >= 0.3 is 5.97 Å². The second-order valence-corrected chi connectivity index (χ2v) is 10.9. The number of methoxy groups -OCH3 is 1. The minimum atomic E-state index is -4.14. The molecule has 1 aliphatic heterocycles. The van der Waals surface area contributed by atoms with E-state index in [1.54, 1.807) is 0 Å². The van der Waals surface area contributed by atoms with E-state index >= 15 is 0 Å². The van der Waals surface area contributed by atoms with Gasteiger partial charge in [0.2, 0.25) is 26.0 Å². The number of sulfonamides is 2. The zero-order valence-electron chi connectivity index (χ0n) is 17.7. The summed E-state index contributed by atoms with van der Waals surface area (Å²) < 4.78 is 64.6. The van der Waals surface area contributed by atoms with Crippen LogP contribution in [-0.2, 0) is 24.8 Å². The van der Waals surface area contributed by atoms with Gasteiger partial charge in [0.15, 0.2) is 0 Å². The molecule has 2 N–H and O–H groups in total. The summed E-state index contributed by atoms with van der Waals surface area (Å²) in [5, 5.41) is 0. The molecule has 1 aromatic heterocycles. The van der Waals surface area contributed by atoms with Crippen LogP contribution in [-0.4, -0.2) is 70.6 Å². The standard InChI is InChI=1S/C19H23N3O8S2/c1-12-16(19(24)29-3)17(13(2)30-12)32(27,28)22-10-8-21(9-11-22)31(25,26)15-6-4-14(5-7-15)18(20)23/h4-7H,8-11H2,1-3H3,(H2,20,23). The minimum absolute atomic E-state index is 0.0342. The van der Waals surface area contributed by atoms with Crippen LogP contribution in [0.1, 0.15) is 32.2 Å². The maximum Gasteiger partial charge on any atom is 0.342 e. The molecule has 174 valence electrons. The van der Waals surface area contributed by atoms with Gasteiger partial charge in [-0.3, -0.25) is 4.79 Å². The van der Waals surface area contributed by atoms with Crippen LogP contribution < -0.4 is 5.73 Å². The maximum atomic E-state index is 13.2. The summed E-state index contributed by atoms with van der Waals surface area (Å²) in [6, 6.07) is 5.18. The number of hydrogen-bond donors (Lipinski definition) is 1. The number of nitrogens with two attached hydrogens (primary N) is 1. The molecule has 1 saturated heterocycles. The Hall–Kier alpha value is -2.74. The Morgan fingerprint density at radius 1 is 0.906 bits per heavy atom. The number of benzene rings is 1. The number of carbonyl (C=O) groups is 2. The molecule has 0 saturated carbocycles. The number of hydrogen-bond acceptors (Lipinski definition) is 8. The average Bonchev–Trinajstić information content (AvgIpc) is 3.07. The second-order valence-electron chi connectivity index (χ2n) is 7.11. The van der Waals surface area contributed by atoms with Gasteiger partial charge in [0.05, 0.1) is 12.0 Å². The first-order valence-electron chi connectivity index (χ1n) is 9.49. The first kappa shape index (κ1) is 23.9. The van der Waals surface area contributed by atoms with Crippen molar-refractivity contribution in [3.63, 3.8) is 0 Å². The van der Waals surface area contributed by atoms with Crippen molar-refractivity contribution >= 4 is 31.9 Å². The lowest BCUT2D eigenvalue weighted by molar-refractivity contribution is 0.0594. The van der Waals surface area contributed by atoms with Gasteiger partial charge in [0.25, 0.3) is 0 Å². The molecule has 0 aliphatic carbocycles. The van der Waals surface area contributed by atoms with E-state index in [0.717, 1.165) is 15.7 Å². The Labute approximate surface area is 185 Å². The van der Waals surface area contributed by atoms with Gasteiger partial charge in [-0.15, -0.1) is 0 Å². The Morgan fingerprint density at radius 3 is 1.88 bits per heavy atom. The van der Waals surface area contributed by atoms with Crippen molar-refractivity contribution in [1.29, 1.82) is 0 Å². The largest absolute Gasteiger partial charge is 0.465 e. The van der Waals surface area contributed by atoms with E-state index in [1.807, 2.05) is 0 Å². The van der Waals surface area contributed by atoms with E-state index in [2.05, 4.69) is 4.74 Å². The fraction of sp³-hybridized carbons (Fsp3) is 0.368. The topological polar surface area (TPSA) is 157 Å². The lowest BCUT2D eigenvalue weighted by atomic mass is 10.2. The monoisotopic (exact) mass is 485 g/mol. The molecule has 11 nitrogen and oxygen atoms in total. The van der Waals surface area contributed by atoms with Crippen molar-refractivity contribution in [2.75, 3.05) is 33.3 Å². The molecule has 2 aromatic rings. The van der Waals surface area contributed by atoms with Crippen LogP contribution >= 0.6 is 0 Å². The predicted octanol–water partition coefficient (Wildman–Crippen LogP) is 0.477. The third-order valence-corrected chi connectivity index (χ3v) is 9.13. The van der Waals surface area contributed by atoms with Crippen LogP contribution in [0.4, 0.5) is 0 Å². The van der Waals surface area contributed by atoms with Crippen LogP contribution in [0.15, 0.2) is 38.5 Å². The molecule has 2 heterocycles. The van der Waals surface area contributed by atoms with Crippen molar-refractivity contribution in [1.82, 2.24) is 8.61 Å². The summed E-state index contributed by atoms with van der Waals surface area (Å²) in [5.74, 6) is -1.34. The molecule has 0 bridgehead atoms. The number of carbonyl (C=O) groups excluding carboxylic acids is 2. The first-order chi connectivity index (χ1) is 14.9. The predicted molar refractivity (Wildman–Crippen MR) is 112 cm³/mol. The number of ether oxygens (including phenoxy) is 1. The number of primary amides is 1. The van der Waals surface area contributed by atoms with Crippen LogP contribution in [0.25, 0.3) is 0 Å². The summed E-state index contributed by atoms with van der Waals surface area (Å²) >= 11 is 0. The van der Waals surface area contributed by atoms with E-state index in [0.29, 0.717) is 0 Å². The number of rotatable bonds is 6. The van der Waals surface area contributed by atoms with Gasteiger partial charge in [0, 0.05) is 31.7 Å². The number of esters is 1. The van der Waals surface area contributed by atoms with Gasteiger partial charge in [-0.1, -0.05) is 0 Å². The summed E-state index contributed by atoms with van der Waals surface area (Å²) in [4.78, 5) is 23.0. The molecule has 1 fully saturated rings. The maximum absolute atomic E-state index is 13.2. The van der Waals surface area contributed by atoms with Crippen molar-refractivity contribution < 1.29 is 35.6 Å². The third-order valence-electron chi connectivity index (χ3n) is 5.17. The van der Waals surface area contributed by atoms with Crippen molar-refractivity contribution in [2.24, 2.45) is 5.73 Å². The highest BCUT2D eigenvalue weighted by Crippen LogP contribution is 2.31. The van der Waals surface area contributed by atoms with Gasteiger partial charge < -0.3 is 14.9 Å². The fourth-order valence-corrected chi connectivity index (χ4v) is 6.75. The van der Waals surface area contributed by atoms with Crippen LogP contribution in [0.5, 0.6) is 0 Å². The highest BCUT2D eigenvalue weighted by molar-refractivity contribution is 7.89. The zero-order valence-corrected chi connectivity index (χ0v) is 19.3. The highest BCUT2D eigenvalue weighted by Gasteiger charge is 2.39. The van der Waals surface area contributed by atoms with E-state index in [1.165, 1.54) is 38.1 Å². The van der Waals surface area contributed by atoms with Crippen LogP contribution in [0, 0.1) is 13.8 Å². The summed E-state index contributed by atoms with van der Waals surface area (Å²) in [7, 11) is -6.90. The molecular formula is C19H23N3O8S2. The average molecular weight is 486 g/mol. The normalized spacial score (nSPS) is 16.1. The Morgan fingerprint density at radius 2 is 1.41 bits per heavy atom. The number of nitrogens with zero attached hydrogens (tertiary/aromatic N) is 2. The number of piperazine rings is 1. The van der Waals surface area contributed by atoms with Gasteiger partial charge in [-0.05, 0) is 38.1 Å². The molecule has 1 aromatic carbocycles. The van der Waals surface area contributed by atoms with E-state index in [9.17, 15) is 26.4 Å². The number of aryl methyl sites for hydroxylation is 2. The number of amides is 1. The molecule has 3 rings (SSSR count). The molecule has 0 spiro atoms. The third kappa shape index (κ3) is 4.16. The summed E-state index contributed by atoms with van der Waals surface area (Å²) in [6.07, 6.45) is 0. The lowest BCUT2D eigenvalue weighted by Gasteiger charge is -2.33. The Balaban J connectivity index is 1.83. The minimum Gasteiger partial charge on any atom is -0.465 e. The van der Waals surface area contributed by atoms with E-state index < -0.39 is 31.9 Å². The molecule has 0 radical (unpaired) electrons. The first-order valence-corrected chi connectivity index (χ1v) is 12.4. The van der Waals surface area contributed by atoms with Crippen LogP contribution in [0.3, 0.4) is 0 Å². The smallest absolute Gasteiger partial charge is 0.342 e. The van der Waals surface area contributed by atoms with Crippen molar-refractivity contribution in [2.45, 2.75) is 23.6 Å². The molecule has 0 atom stereocenters. The summed E-state index contributed by atoms with van der Waals surface area (Å²) in [6.45, 7) is 2.47. The molecule has 0 unspecified atom stereocenters. The molecular weight excluding hydrogens is 462 g/mol. The molecule has 1 amide bonds. The van der Waals surface area contributed by atoms with E-state index in [4.69, 9.17) is 10.2 Å². The second kappa shape index (κ2) is 8.65. The highest BCUT2D eigenvalue weighted by atomic mass is 32.2. The quantitative estimate of drug-likeness (QED) is 0.579. The van der Waals surface area contributed by atoms with Crippen molar-refractivity contribution in [3.8, 4) is 0 Å². The lowest BCUT2D eigenvalue weighted by Crippen LogP contribution is -2.50. The SMILES string of the molecule is COC(=O)c1c(C)oc(C)c1S(=O)(=O)N1CCN(S(=O)(=O)c2ccc(C(N)=O)cc2)CC1. The molecule has 13 heteroatoms. The van der Waals surface area contributed by atoms with E-state index in [-0.39, 0.29) is 58.6 Å². The van der Waals surface area contributed by atoms with Gasteiger partial charge in [-0.25, -0.2) is 21.6 Å². The van der Waals surface area contributed by atoms with Gasteiger partial charge in [0.1, 0.15) is 22.0 Å². The Kier molecular flexibility index (Phi) is 6.47. The van der Waals surface area contributed by atoms with Gasteiger partial charge in [-0.2, -0.15) is 8.61 Å². The Bertz CT molecular complexity index is 1260. The number of furan rings is 1. The van der Waals surface area contributed by atoms with Crippen molar-refractivity contribution in [3.05, 3.63) is 46.9 Å². The zero-order chi connectivity index (χ0) is 23.8. The van der Waals surface area contributed by atoms with Crippen LogP contribution in [0.2, 0.25) is 0 Å². The molecule has 32 heavy (non-hydrogen) atoms. The fourth-order valence-electron chi connectivity index (χ4n) is 3.53. The molecule has 1 aliphatic rings. The summed E-state index contributed by atoms with van der Waals surface area (Å²) in [5.41, 5.74) is 5.17.